The number of anilines is 1. The van der Waals surface area contributed by atoms with E-state index < -0.39 is 6.04 Å². The van der Waals surface area contributed by atoms with Gasteiger partial charge in [0.25, 0.3) is 0 Å². The number of amides is 2. The van der Waals surface area contributed by atoms with Gasteiger partial charge in [0.05, 0.1) is 19.8 Å². The average molecular weight is 536 g/mol. The van der Waals surface area contributed by atoms with Crippen LogP contribution in [0.15, 0.2) is 22.7 Å². The number of methoxy groups -OCH3 is 1. The van der Waals surface area contributed by atoms with Gasteiger partial charge < -0.3 is 34.5 Å². The smallest absolute Gasteiger partial charge is 0.322 e. The predicted molar refractivity (Wildman–Crippen MR) is 150 cm³/mol. The molecule has 9 heteroatoms. The van der Waals surface area contributed by atoms with E-state index in [9.17, 15) is 9.90 Å². The van der Waals surface area contributed by atoms with Crippen LogP contribution < -0.4 is 10.1 Å². The van der Waals surface area contributed by atoms with Crippen molar-refractivity contribution in [2.24, 2.45) is 5.92 Å². The molecule has 1 atom stereocenters. The maximum absolute atomic E-state index is 13.8. The number of hydrogen-bond acceptors (Lipinski definition) is 6. The van der Waals surface area contributed by atoms with Crippen LogP contribution in [0.1, 0.15) is 73.7 Å². The zero-order valence-electron chi connectivity index (χ0n) is 23.4. The summed E-state index contributed by atoms with van der Waals surface area (Å²) in [6, 6.07) is 5.43. The van der Waals surface area contributed by atoms with Crippen molar-refractivity contribution in [1.82, 2.24) is 19.9 Å². The lowest BCUT2D eigenvalue weighted by molar-refractivity contribution is 0.0660. The number of likely N-dealkylation sites (tertiary alicyclic amines) is 1. The number of fused-ring (bicyclic) bond motifs is 4. The van der Waals surface area contributed by atoms with Crippen molar-refractivity contribution in [1.29, 1.82) is 0 Å². The number of aryl methyl sites for hydroxylation is 2. The topological polar surface area (TPSA) is 107 Å². The zero-order valence-corrected chi connectivity index (χ0v) is 23.4. The Kier molecular flexibility index (Phi) is 7.05. The Bertz CT molecular complexity index is 1310. The quantitative estimate of drug-likeness (QED) is 0.411. The molecule has 2 amide bonds. The number of carbonyl (C=O) groups excluding carboxylic acids is 1. The van der Waals surface area contributed by atoms with E-state index >= 15 is 0 Å². The van der Waals surface area contributed by atoms with Gasteiger partial charge in [-0.15, -0.1) is 0 Å². The van der Waals surface area contributed by atoms with Crippen LogP contribution in [0.2, 0.25) is 0 Å². The van der Waals surface area contributed by atoms with Crippen molar-refractivity contribution in [3.8, 4) is 5.75 Å². The Labute approximate surface area is 229 Å². The number of hydrogen-bond donors (Lipinski definition) is 3. The van der Waals surface area contributed by atoms with Crippen molar-refractivity contribution in [3.63, 3.8) is 0 Å². The maximum atomic E-state index is 13.8. The molecule has 0 unspecified atom stereocenters. The minimum atomic E-state index is -0.482. The third-order valence-corrected chi connectivity index (χ3v) is 9.50. The number of ether oxygens (including phenoxy) is 1. The monoisotopic (exact) mass is 535 g/mol. The largest absolute Gasteiger partial charge is 0.497 e. The average Bonchev–Trinajstić information content (AvgIpc) is 3.50. The van der Waals surface area contributed by atoms with Gasteiger partial charge in [0.1, 0.15) is 17.1 Å². The number of nitrogens with zero attached hydrogens (tertiary/aromatic N) is 3. The lowest BCUT2D eigenvalue weighted by Crippen LogP contribution is -2.56. The number of urea groups is 1. The van der Waals surface area contributed by atoms with Crippen LogP contribution in [-0.4, -0.2) is 71.0 Å². The predicted octanol–water partition coefficient (Wildman–Crippen LogP) is 5.28. The van der Waals surface area contributed by atoms with Crippen LogP contribution in [0, 0.1) is 19.8 Å². The molecule has 6 rings (SSSR count). The fourth-order valence-corrected chi connectivity index (χ4v) is 7.37. The fraction of sp³-hybridized carbons (Fsp3) is 0.600. The molecule has 0 radical (unpaired) electrons. The fourth-order valence-electron chi connectivity index (χ4n) is 7.37. The summed E-state index contributed by atoms with van der Waals surface area (Å²) < 4.78 is 10.8. The van der Waals surface area contributed by atoms with Gasteiger partial charge in [-0.25, -0.2) is 4.79 Å². The summed E-state index contributed by atoms with van der Waals surface area (Å²) in [7, 11) is 1.67. The summed E-state index contributed by atoms with van der Waals surface area (Å²) in [5, 5.41) is 18.8. The number of aliphatic hydroxyl groups is 1. The van der Waals surface area contributed by atoms with E-state index in [-0.39, 0.29) is 18.1 Å². The first kappa shape index (κ1) is 26.2. The molecule has 1 saturated heterocycles. The minimum Gasteiger partial charge on any atom is -0.497 e. The zero-order chi connectivity index (χ0) is 27.1. The first-order valence-electron chi connectivity index (χ1n) is 14.5. The van der Waals surface area contributed by atoms with E-state index in [2.05, 4.69) is 26.4 Å². The SMILES string of the molecule is COc1ccc2c3c([nH]c2c1)[C@H](CO)N(C(=O)Nc1c(C)noc1C)CC31CCN(CC2CCCCC2)CC1. The molecule has 1 saturated carbocycles. The summed E-state index contributed by atoms with van der Waals surface area (Å²) in [5.41, 5.74) is 4.21. The van der Waals surface area contributed by atoms with Crippen molar-refractivity contribution < 1.29 is 19.2 Å². The summed E-state index contributed by atoms with van der Waals surface area (Å²) in [5.74, 6) is 2.17. The third kappa shape index (κ3) is 4.69. The van der Waals surface area contributed by atoms with Gasteiger partial charge in [-0.1, -0.05) is 24.4 Å². The van der Waals surface area contributed by atoms with Gasteiger partial charge in [0, 0.05) is 41.2 Å². The Balaban J connectivity index is 1.35. The van der Waals surface area contributed by atoms with E-state index in [1.54, 1.807) is 14.0 Å². The van der Waals surface area contributed by atoms with Crippen molar-refractivity contribution >= 4 is 22.6 Å². The number of piperidine rings is 1. The highest BCUT2D eigenvalue weighted by molar-refractivity contribution is 5.93. The Morgan fingerprint density at radius 1 is 1.23 bits per heavy atom. The third-order valence-electron chi connectivity index (χ3n) is 9.50. The number of H-pyrrole nitrogens is 1. The molecule has 9 nitrogen and oxygen atoms in total. The van der Waals surface area contributed by atoms with Crippen LogP contribution in [-0.2, 0) is 5.41 Å². The second kappa shape index (κ2) is 10.5. The Morgan fingerprint density at radius 3 is 2.67 bits per heavy atom. The summed E-state index contributed by atoms with van der Waals surface area (Å²) in [6.07, 6.45) is 8.75. The van der Waals surface area contributed by atoms with Gasteiger partial charge in [0.15, 0.2) is 5.76 Å². The van der Waals surface area contributed by atoms with E-state index in [1.165, 1.54) is 44.2 Å². The molecule has 210 valence electrons. The van der Waals surface area contributed by atoms with Crippen molar-refractivity contribution in [3.05, 3.63) is 40.9 Å². The van der Waals surface area contributed by atoms with Gasteiger partial charge >= 0.3 is 6.03 Å². The first-order chi connectivity index (χ1) is 18.9. The molecule has 3 aliphatic rings. The van der Waals surface area contributed by atoms with Gasteiger partial charge in [0.2, 0.25) is 0 Å². The lowest BCUT2D eigenvalue weighted by Gasteiger charge is -2.50. The molecule has 3 N–H and O–H groups in total. The second-order valence-corrected chi connectivity index (χ2v) is 11.9. The number of aliphatic hydroxyl groups excluding tert-OH is 1. The molecule has 2 aromatic heterocycles. The number of rotatable bonds is 5. The highest BCUT2D eigenvalue weighted by atomic mass is 16.5. The molecule has 0 bridgehead atoms. The van der Waals surface area contributed by atoms with Crippen LogP contribution in [0.3, 0.4) is 0 Å². The van der Waals surface area contributed by atoms with Crippen molar-refractivity contribution in [2.45, 2.75) is 70.3 Å². The number of benzene rings is 1. The number of carbonyl (C=O) groups is 1. The number of nitrogens with one attached hydrogen (secondary N) is 2. The van der Waals surface area contributed by atoms with E-state index in [0.29, 0.717) is 23.7 Å². The van der Waals surface area contributed by atoms with Crippen LogP contribution >= 0.6 is 0 Å². The number of aromatic amines is 1. The molecular formula is C30H41N5O4. The molecule has 1 aromatic carbocycles. The lowest BCUT2D eigenvalue weighted by atomic mass is 9.68. The summed E-state index contributed by atoms with van der Waals surface area (Å²) in [4.78, 5) is 21.9. The van der Waals surface area contributed by atoms with Crippen LogP contribution in [0.4, 0.5) is 10.5 Å². The highest BCUT2D eigenvalue weighted by Gasteiger charge is 2.49. The summed E-state index contributed by atoms with van der Waals surface area (Å²) >= 11 is 0. The standard InChI is InChI=1S/C30H41N5O4/c1-19-27(20(2)39-33-19)32-29(37)35-18-30(11-13-34(14-12-30)16-21-7-5-4-6-8-21)26-23-10-9-22(38-3)15-24(23)31-28(26)25(35)17-36/h9-10,15,21,25,31,36H,4-8,11-14,16-18H2,1-3H3,(H,32,37)/t25-/m0/s1. The minimum absolute atomic E-state index is 0.171. The second-order valence-electron chi connectivity index (χ2n) is 11.9. The molecule has 4 heterocycles. The van der Waals surface area contributed by atoms with E-state index in [4.69, 9.17) is 9.26 Å². The Hall–Kier alpha value is -3.04. The highest BCUT2D eigenvalue weighted by Crippen LogP contribution is 2.49. The summed E-state index contributed by atoms with van der Waals surface area (Å²) in [6.45, 7) is 7.21. The maximum Gasteiger partial charge on any atom is 0.322 e. The molecular weight excluding hydrogens is 494 g/mol. The van der Waals surface area contributed by atoms with Gasteiger partial charge in [-0.3, -0.25) is 0 Å². The van der Waals surface area contributed by atoms with Gasteiger partial charge in [-0.05, 0) is 76.2 Å². The molecule has 2 fully saturated rings. The van der Waals surface area contributed by atoms with Crippen LogP contribution in [0.25, 0.3) is 10.9 Å². The van der Waals surface area contributed by atoms with E-state index in [1.807, 2.05) is 24.0 Å². The molecule has 1 aliphatic carbocycles. The molecule has 2 aliphatic heterocycles. The van der Waals surface area contributed by atoms with Crippen molar-refractivity contribution in [2.75, 3.05) is 45.2 Å². The van der Waals surface area contributed by atoms with Crippen LogP contribution in [0.5, 0.6) is 5.75 Å². The van der Waals surface area contributed by atoms with Gasteiger partial charge in [-0.2, -0.15) is 0 Å². The molecule has 1 spiro atoms. The number of aromatic nitrogens is 2. The normalized spacial score (nSPS) is 21.8. The Morgan fingerprint density at radius 2 is 2.00 bits per heavy atom. The molecule has 3 aromatic rings. The molecule has 39 heavy (non-hydrogen) atoms. The van der Waals surface area contributed by atoms with E-state index in [0.717, 1.165) is 54.2 Å². The first-order valence-corrected chi connectivity index (χ1v) is 14.5.